The molecule has 0 amide bonds. The number of hydrogen-bond donors (Lipinski definition) is 4. The highest BCUT2D eigenvalue weighted by Crippen LogP contribution is 2.36. The van der Waals surface area contributed by atoms with Gasteiger partial charge in [0, 0.05) is 51.4 Å². The first kappa shape index (κ1) is 46.4. The van der Waals surface area contributed by atoms with Crippen LogP contribution in [-0.2, 0) is 20.0 Å². The molecule has 328 valence electrons. The quantitative estimate of drug-likeness (QED) is 0.120. The number of hydrogen-bond acceptors (Lipinski definition) is 10. The summed E-state index contributed by atoms with van der Waals surface area (Å²) in [6.07, 6.45) is -8.77. The van der Waals surface area contributed by atoms with Gasteiger partial charge in [0.15, 0.2) is 0 Å². The van der Waals surface area contributed by atoms with Crippen LogP contribution in [0.2, 0.25) is 0 Å². The van der Waals surface area contributed by atoms with Gasteiger partial charge in [0.2, 0.25) is 0 Å². The number of pyridine rings is 2. The normalized spacial score (nSPS) is 18.9. The Morgan fingerprint density at radius 1 is 0.600 bits per heavy atom. The van der Waals surface area contributed by atoms with Gasteiger partial charge in [-0.05, 0) is 101 Å². The first-order valence-corrected chi connectivity index (χ1v) is 22.2. The molecular formula is C40H50F6N8O4S2. The van der Waals surface area contributed by atoms with E-state index in [2.05, 4.69) is 53.7 Å². The van der Waals surface area contributed by atoms with Gasteiger partial charge in [-0.2, -0.15) is 26.3 Å². The molecule has 60 heavy (non-hydrogen) atoms. The number of nitrogens with zero attached hydrogens (tertiary/aromatic N) is 4. The van der Waals surface area contributed by atoms with Crippen molar-refractivity contribution in [1.82, 2.24) is 20.6 Å². The molecule has 2 aliphatic rings. The second-order valence-electron chi connectivity index (χ2n) is 15.1. The third-order valence-corrected chi connectivity index (χ3v) is 13.1. The minimum atomic E-state index is -4.38. The van der Waals surface area contributed by atoms with Crippen molar-refractivity contribution >= 4 is 43.1 Å². The predicted octanol–water partition coefficient (Wildman–Crippen LogP) is 7.31. The maximum absolute atomic E-state index is 12.8. The van der Waals surface area contributed by atoms with E-state index in [1.807, 2.05) is 0 Å². The minimum Gasteiger partial charge on any atom is -0.354 e. The number of sulfonamides is 2. The molecule has 0 aliphatic carbocycles. The molecule has 4 atom stereocenters. The average molecular weight is 885 g/mol. The van der Waals surface area contributed by atoms with E-state index in [-0.39, 0.29) is 20.9 Å². The number of benzene rings is 2. The lowest BCUT2D eigenvalue weighted by atomic mass is 10.0. The molecule has 0 saturated carbocycles. The largest absolute Gasteiger partial charge is 0.395 e. The van der Waals surface area contributed by atoms with Crippen LogP contribution in [0.1, 0.15) is 62.0 Å². The van der Waals surface area contributed by atoms with Gasteiger partial charge >= 0.3 is 12.4 Å². The first-order valence-electron chi connectivity index (χ1n) is 19.3. The van der Waals surface area contributed by atoms with E-state index in [1.54, 1.807) is 38.1 Å². The van der Waals surface area contributed by atoms with Crippen LogP contribution in [-0.4, -0.2) is 90.5 Å². The van der Waals surface area contributed by atoms with Gasteiger partial charge in [-0.25, -0.2) is 26.8 Å². The lowest BCUT2D eigenvalue weighted by molar-refractivity contribution is -0.147. The van der Waals surface area contributed by atoms with Crippen LogP contribution in [0.3, 0.4) is 0 Å². The molecule has 12 nitrogen and oxygen atoms in total. The summed E-state index contributed by atoms with van der Waals surface area (Å²) in [6, 6.07) is 17.0. The molecule has 20 heteroatoms. The third kappa shape index (κ3) is 11.8. The summed E-state index contributed by atoms with van der Waals surface area (Å²) >= 11 is 0. The fourth-order valence-electron chi connectivity index (χ4n) is 6.60. The van der Waals surface area contributed by atoms with Gasteiger partial charge in [0.1, 0.15) is 11.6 Å². The van der Waals surface area contributed by atoms with Crippen molar-refractivity contribution in [2.24, 2.45) is 0 Å². The van der Waals surface area contributed by atoms with E-state index < -0.39 is 44.2 Å². The smallest absolute Gasteiger partial charge is 0.354 e. The zero-order valence-electron chi connectivity index (χ0n) is 34.0. The number of halogens is 6. The Balaban J connectivity index is 0.000000228. The minimum absolute atomic E-state index is 0.00824. The van der Waals surface area contributed by atoms with E-state index in [9.17, 15) is 43.2 Å². The van der Waals surface area contributed by atoms with Crippen molar-refractivity contribution < 1.29 is 43.2 Å². The maximum atomic E-state index is 12.8. The van der Waals surface area contributed by atoms with Gasteiger partial charge in [-0.3, -0.25) is 9.44 Å². The summed E-state index contributed by atoms with van der Waals surface area (Å²) in [5, 5.41) is 6.70. The van der Waals surface area contributed by atoms with E-state index in [0.29, 0.717) is 34.8 Å². The lowest BCUT2D eigenvalue weighted by Gasteiger charge is -2.33. The molecule has 0 radical (unpaired) electrons. The van der Waals surface area contributed by atoms with Gasteiger partial charge in [-0.1, -0.05) is 24.3 Å². The summed E-state index contributed by atoms with van der Waals surface area (Å²) in [4.78, 5) is 13.1. The van der Waals surface area contributed by atoms with Crippen LogP contribution in [0.25, 0.3) is 0 Å². The monoisotopic (exact) mass is 884 g/mol. The standard InChI is InChI=1S/2C20H25F3N4O2S/c2*1-13-12-27(11-10-24-13)19-9-8-18(15(3)25-19)26-30(28,29)17-6-4-16(5-7-17)14(2)20(21,22)23/h2*4-9,13-14,24,26H,10-12H2,1-3H3/t2*13-,14-/m10/s1. The molecule has 4 heterocycles. The van der Waals surface area contributed by atoms with Gasteiger partial charge in [0.05, 0.1) is 44.4 Å². The van der Waals surface area contributed by atoms with Gasteiger partial charge in [0.25, 0.3) is 20.0 Å². The van der Waals surface area contributed by atoms with Crippen LogP contribution >= 0.6 is 0 Å². The summed E-state index contributed by atoms with van der Waals surface area (Å²) in [5.41, 5.74) is 1.71. The molecule has 0 bridgehead atoms. The molecule has 2 saturated heterocycles. The third-order valence-electron chi connectivity index (χ3n) is 10.4. The highest BCUT2D eigenvalue weighted by Gasteiger charge is 2.38. The summed E-state index contributed by atoms with van der Waals surface area (Å²) in [6.45, 7) is 14.6. The molecular weight excluding hydrogens is 835 g/mol. The summed E-state index contributed by atoms with van der Waals surface area (Å²) in [7, 11) is -7.91. The molecule has 0 spiro atoms. The Morgan fingerprint density at radius 3 is 1.22 bits per heavy atom. The topological polar surface area (TPSA) is 149 Å². The highest BCUT2D eigenvalue weighted by atomic mass is 32.2. The molecule has 0 unspecified atom stereocenters. The number of aromatic nitrogens is 2. The van der Waals surface area contributed by atoms with E-state index in [0.717, 1.165) is 64.8 Å². The highest BCUT2D eigenvalue weighted by molar-refractivity contribution is 7.93. The number of anilines is 4. The maximum Gasteiger partial charge on any atom is 0.395 e. The number of piperazine rings is 2. The Hall–Kier alpha value is -4.66. The molecule has 2 aromatic heterocycles. The second-order valence-corrected chi connectivity index (χ2v) is 18.4. The number of aryl methyl sites for hydroxylation is 2. The van der Waals surface area contributed by atoms with Crippen LogP contribution in [0.15, 0.2) is 82.6 Å². The molecule has 2 fully saturated rings. The van der Waals surface area contributed by atoms with E-state index in [1.165, 1.54) is 48.5 Å². The average Bonchev–Trinajstić information content (AvgIpc) is 3.18. The lowest BCUT2D eigenvalue weighted by Crippen LogP contribution is -2.49. The van der Waals surface area contributed by atoms with Gasteiger partial charge in [-0.15, -0.1) is 0 Å². The van der Waals surface area contributed by atoms with E-state index >= 15 is 0 Å². The van der Waals surface area contributed by atoms with E-state index in [4.69, 9.17) is 0 Å². The summed E-state index contributed by atoms with van der Waals surface area (Å²) in [5.74, 6) is -1.80. The number of rotatable bonds is 10. The molecule has 4 aromatic rings. The summed E-state index contributed by atoms with van der Waals surface area (Å²) < 4.78 is 133. The van der Waals surface area contributed by atoms with Crippen LogP contribution in [0, 0.1) is 13.8 Å². The van der Waals surface area contributed by atoms with Crippen molar-refractivity contribution in [2.75, 3.05) is 58.5 Å². The fourth-order valence-corrected chi connectivity index (χ4v) is 8.84. The predicted molar refractivity (Wildman–Crippen MR) is 221 cm³/mol. The zero-order valence-corrected chi connectivity index (χ0v) is 35.6. The molecule has 2 aliphatic heterocycles. The number of alkyl halides is 6. The van der Waals surface area contributed by atoms with Gasteiger partial charge < -0.3 is 20.4 Å². The first-order chi connectivity index (χ1) is 27.9. The molecule has 6 rings (SSSR count). The van der Waals surface area contributed by atoms with Crippen molar-refractivity contribution in [3.63, 3.8) is 0 Å². The SMILES string of the molecule is Cc1nc(N2CCN[C@@H](C)C2)ccc1NS(=O)(=O)c1ccc([C@H](C)C(F)(F)F)cc1.Cc1nc(N2CCN[C@H](C)C2)ccc1NS(=O)(=O)c1ccc([C@@H](C)C(F)(F)F)cc1. The van der Waals surface area contributed by atoms with Crippen LogP contribution < -0.4 is 29.9 Å². The van der Waals surface area contributed by atoms with Crippen LogP contribution in [0.5, 0.6) is 0 Å². The Labute approximate surface area is 347 Å². The Kier molecular flexibility index (Phi) is 14.3. The second kappa shape index (κ2) is 18.5. The Bertz CT molecular complexity index is 2150. The van der Waals surface area contributed by atoms with Crippen molar-refractivity contribution in [3.05, 3.63) is 95.3 Å². The Morgan fingerprint density at radius 2 is 0.933 bits per heavy atom. The molecule has 4 N–H and O–H groups in total. The van der Waals surface area contributed by atoms with Crippen molar-refractivity contribution in [1.29, 1.82) is 0 Å². The van der Waals surface area contributed by atoms with Crippen LogP contribution in [0.4, 0.5) is 49.4 Å². The zero-order chi connectivity index (χ0) is 44.2. The fraction of sp³-hybridized carbons (Fsp3) is 0.450. The van der Waals surface area contributed by atoms with Crippen molar-refractivity contribution in [3.8, 4) is 0 Å². The molecule has 2 aromatic carbocycles. The van der Waals surface area contributed by atoms with Crippen molar-refractivity contribution in [2.45, 2.75) is 87.6 Å². The number of nitrogens with one attached hydrogen (secondary N) is 4.